The summed E-state index contributed by atoms with van der Waals surface area (Å²) in [6, 6.07) is 0. The van der Waals surface area contributed by atoms with Gasteiger partial charge in [0.25, 0.3) is 0 Å². The Morgan fingerprint density at radius 2 is 2.07 bits per heavy atom. The van der Waals surface area contributed by atoms with Crippen LogP contribution in [0.2, 0.25) is 0 Å². The van der Waals surface area contributed by atoms with Crippen LogP contribution in [0.5, 0.6) is 0 Å². The van der Waals surface area contributed by atoms with Crippen LogP contribution < -0.4 is 5.09 Å². The van der Waals surface area contributed by atoms with Gasteiger partial charge >= 0.3 is 7.67 Å². The monoisotopic (exact) mass is 260 g/mol. The fourth-order valence-electron chi connectivity index (χ4n) is 1.30. The molecular weight excluding hydrogens is 246 g/mol. The third-order valence-electron chi connectivity index (χ3n) is 1.96. The van der Waals surface area contributed by atoms with E-state index in [0.29, 0.717) is 31.4 Å². The third kappa shape index (κ3) is 3.09. The van der Waals surface area contributed by atoms with Gasteiger partial charge in [0.1, 0.15) is 0 Å². The van der Waals surface area contributed by atoms with Crippen LogP contribution in [-0.2, 0) is 9.09 Å². The molecular formula is C7H15Cl2N2O2P. The van der Waals surface area contributed by atoms with Crippen molar-refractivity contribution < 1.29 is 9.09 Å². The van der Waals surface area contributed by atoms with E-state index in [0.717, 1.165) is 0 Å². The minimum absolute atomic E-state index is 0.0195. The van der Waals surface area contributed by atoms with E-state index in [1.807, 2.05) is 6.92 Å². The second kappa shape index (κ2) is 5.69. The van der Waals surface area contributed by atoms with Crippen molar-refractivity contribution in [2.45, 2.75) is 13.0 Å². The molecule has 0 saturated carbocycles. The number of alkyl halides is 2. The van der Waals surface area contributed by atoms with Gasteiger partial charge < -0.3 is 4.52 Å². The van der Waals surface area contributed by atoms with Gasteiger partial charge in [-0.2, -0.15) is 0 Å². The molecule has 1 fully saturated rings. The van der Waals surface area contributed by atoms with Gasteiger partial charge in [0.2, 0.25) is 0 Å². The van der Waals surface area contributed by atoms with Gasteiger partial charge in [0.05, 0.1) is 6.10 Å². The van der Waals surface area contributed by atoms with E-state index >= 15 is 0 Å². The van der Waals surface area contributed by atoms with Crippen molar-refractivity contribution in [3.8, 4) is 0 Å². The molecule has 1 saturated heterocycles. The molecule has 0 amide bonds. The molecule has 0 unspecified atom stereocenters. The number of hydrogen-bond donors (Lipinski definition) is 1. The van der Waals surface area contributed by atoms with E-state index in [9.17, 15) is 4.57 Å². The smallest absolute Gasteiger partial charge is 0.302 e. The van der Waals surface area contributed by atoms with Crippen LogP contribution in [0.4, 0.5) is 0 Å². The van der Waals surface area contributed by atoms with Crippen LogP contribution in [0, 0.1) is 0 Å². The lowest BCUT2D eigenvalue weighted by Gasteiger charge is -2.25. The molecule has 0 aliphatic carbocycles. The van der Waals surface area contributed by atoms with Crippen molar-refractivity contribution in [3.05, 3.63) is 0 Å². The second-order valence-electron chi connectivity index (χ2n) is 3.13. The molecule has 0 bridgehead atoms. The van der Waals surface area contributed by atoms with Crippen LogP contribution in [-0.4, -0.2) is 42.2 Å². The van der Waals surface area contributed by atoms with Crippen molar-refractivity contribution in [2.24, 2.45) is 0 Å². The summed E-state index contributed by atoms with van der Waals surface area (Å²) >= 11 is 11.2. The van der Waals surface area contributed by atoms with Crippen LogP contribution in [0.25, 0.3) is 0 Å². The highest BCUT2D eigenvalue weighted by Crippen LogP contribution is 2.50. The lowest BCUT2D eigenvalue weighted by atomic mass is 10.4. The fraction of sp³-hybridized carbons (Fsp3) is 1.00. The molecule has 0 aromatic rings. The molecule has 14 heavy (non-hydrogen) atoms. The van der Waals surface area contributed by atoms with Crippen molar-refractivity contribution in [3.63, 3.8) is 0 Å². The first-order valence-electron chi connectivity index (χ1n) is 4.53. The molecule has 1 aliphatic rings. The van der Waals surface area contributed by atoms with Crippen LogP contribution in [0.15, 0.2) is 0 Å². The molecule has 0 aromatic heterocycles. The maximum absolute atomic E-state index is 12.2. The van der Waals surface area contributed by atoms with Gasteiger partial charge in [-0.3, -0.25) is 4.57 Å². The molecule has 7 heteroatoms. The molecule has 0 aromatic carbocycles. The number of nitrogens with one attached hydrogen (secondary N) is 1. The predicted octanol–water partition coefficient (Wildman–Crippen LogP) is 1.88. The maximum Gasteiger partial charge on any atom is 0.343 e. The minimum Gasteiger partial charge on any atom is -0.302 e. The lowest BCUT2D eigenvalue weighted by molar-refractivity contribution is 0.236. The Hall–Kier alpha value is 0.690. The van der Waals surface area contributed by atoms with E-state index in [-0.39, 0.29) is 6.10 Å². The number of nitrogens with zero attached hydrogens (tertiary/aromatic N) is 1. The van der Waals surface area contributed by atoms with Crippen molar-refractivity contribution >= 4 is 30.9 Å². The van der Waals surface area contributed by atoms with Crippen LogP contribution in [0.3, 0.4) is 0 Å². The van der Waals surface area contributed by atoms with Gasteiger partial charge in [-0.25, -0.2) is 9.76 Å². The van der Waals surface area contributed by atoms with Crippen LogP contribution >= 0.6 is 30.9 Å². The Kier molecular flexibility index (Phi) is 5.18. The average molecular weight is 261 g/mol. The summed E-state index contributed by atoms with van der Waals surface area (Å²) in [4.78, 5) is 0. The first-order chi connectivity index (χ1) is 6.62. The molecule has 0 radical (unpaired) electrons. The first-order valence-corrected chi connectivity index (χ1v) is 7.18. The maximum atomic E-state index is 12.2. The first kappa shape index (κ1) is 12.8. The summed E-state index contributed by atoms with van der Waals surface area (Å²) in [5.41, 5.74) is 0. The number of halogens is 2. The summed E-state index contributed by atoms with van der Waals surface area (Å²) in [6.07, 6.45) is -0.0195. The van der Waals surface area contributed by atoms with E-state index in [1.54, 1.807) is 4.67 Å². The zero-order valence-electron chi connectivity index (χ0n) is 8.08. The molecule has 2 atom stereocenters. The third-order valence-corrected chi connectivity index (χ3v) is 4.67. The zero-order valence-corrected chi connectivity index (χ0v) is 10.5. The SMILES string of the molecule is C[C@@H]1CN[P@@](=O)(N(CCCl)CCCl)O1. The van der Waals surface area contributed by atoms with E-state index < -0.39 is 7.67 Å². The van der Waals surface area contributed by atoms with E-state index in [4.69, 9.17) is 27.7 Å². The Labute approximate surface area is 94.4 Å². The van der Waals surface area contributed by atoms with Crippen molar-refractivity contribution in [1.82, 2.24) is 9.76 Å². The highest BCUT2D eigenvalue weighted by Gasteiger charge is 2.38. The van der Waals surface area contributed by atoms with Crippen LogP contribution in [0.1, 0.15) is 6.92 Å². The van der Waals surface area contributed by atoms with Gasteiger partial charge in [0, 0.05) is 31.4 Å². The standard InChI is InChI=1S/C7H15Cl2N2O2P/c1-7-6-10-14(12,13-7)11(4-2-8)5-3-9/h7H,2-6H2,1H3,(H,10,12)/t7-,14+/m1/s1. The number of hydrogen-bond acceptors (Lipinski definition) is 2. The predicted molar refractivity (Wildman–Crippen MR) is 59.2 cm³/mol. The number of rotatable bonds is 5. The highest BCUT2D eigenvalue weighted by molar-refractivity contribution is 7.54. The Balaban J connectivity index is 2.61. The van der Waals surface area contributed by atoms with Gasteiger partial charge in [-0.15, -0.1) is 23.2 Å². The van der Waals surface area contributed by atoms with Crippen molar-refractivity contribution in [2.75, 3.05) is 31.4 Å². The highest BCUT2D eigenvalue weighted by atomic mass is 35.5. The van der Waals surface area contributed by atoms with E-state index in [1.165, 1.54) is 0 Å². The topological polar surface area (TPSA) is 41.6 Å². The van der Waals surface area contributed by atoms with Gasteiger partial charge in [0.15, 0.2) is 0 Å². The largest absolute Gasteiger partial charge is 0.343 e. The second-order valence-corrected chi connectivity index (χ2v) is 6.02. The molecule has 84 valence electrons. The van der Waals surface area contributed by atoms with Gasteiger partial charge in [-0.05, 0) is 6.92 Å². The van der Waals surface area contributed by atoms with Crippen molar-refractivity contribution in [1.29, 1.82) is 0 Å². The zero-order chi connectivity index (χ0) is 10.6. The molecule has 0 spiro atoms. The summed E-state index contributed by atoms with van der Waals surface area (Å²) in [5.74, 6) is 0.834. The summed E-state index contributed by atoms with van der Waals surface area (Å²) in [5, 5.41) is 2.89. The molecule has 4 nitrogen and oxygen atoms in total. The fourth-order valence-corrected chi connectivity index (χ4v) is 4.13. The normalized spacial score (nSPS) is 32.7. The Bertz CT molecular complexity index is 224. The minimum atomic E-state index is -2.85. The van der Waals surface area contributed by atoms with Gasteiger partial charge in [-0.1, -0.05) is 0 Å². The molecule has 1 rings (SSSR count). The summed E-state index contributed by atoms with van der Waals surface area (Å²) in [7, 11) is -2.85. The summed E-state index contributed by atoms with van der Waals surface area (Å²) in [6.45, 7) is 3.53. The quantitative estimate of drug-likeness (QED) is 0.606. The Morgan fingerprint density at radius 1 is 1.50 bits per heavy atom. The summed E-state index contributed by atoms with van der Waals surface area (Å²) < 4.78 is 19.2. The lowest BCUT2D eigenvalue weighted by Crippen LogP contribution is -2.29. The molecule has 1 N–H and O–H groups in total. The Morgan fingerprint density at radius 3 is 2.43 bits per heavy atom. The molecule has 1 aliphatic heterocycles. The van der Waals surface area contributed by atoms with E-state index in [2.05, 4.69) is 5.09 Å². The average Bonchev–Trinajstić information content (AvgIpc) is 2.47. The molecule has 1 heterocycles.